The molecule has 0 amide bonds. The molecule has 1 aliphatic heterocycles. The van der Waals surface area contributed by atoms with Crippen LogP contribution in [-0.2, 0) is 0 Å². The minimum atomic E-state index is 0.245. The average molecular weight is 203 g/mol. The summed E-state index contributed by atoms with van der Waals surface area (Å²) in [5.74, 6) is 1.16. The summed E-state index contributed by atoms with van der Waals surface area (Å²) in [5.41, 5.74) is 1.88. The Bertz CT molecular complexity index is 515. The van der Waals surface area contributed by atoms with Gasteiger partial charge in [0.1, 0.15) is 0 Å². The highest BCUT2D eigenvalue weighted by Gasteiger charge is 2.21. The van der Waals surface area contributed by atoms with E-state index in [1.165, 1.54) is 5.39 Å². The van der Waals surface area contributed by atoms with Crippen molar-refractivity contribution in [1.82, 2.24) is 4.98 Å². The van der Waals surface area contributed by atoms with E-state index in [2.05, 4.69) is 11.1 Å². The van der Waals surface area contributed by atoms with Crippen molar-refractivity contribution >= 4 is 28.4 Å². The number of aromatic nitrogens is 1. The first-order valence-corrected chi connectivity index (χ1v) is 5.61. The maximum atomic E-state index is 11.6. The van der Waals surface area contributed by atoms with Gasteiger partial charge in [-0.25, -0.2) is 0 Å². The first-order chi connectivity index (χ1) is 6.86. The second kappa shape index (κ2) is 2.89. The molecule has 0 fully saturated rings. The zero-order chi connectivity index (χ0) is 9.54. The SMILES string of the molecule is O=C1CCSc2c1[nH]c1ccccc21. The molecule has 2 aromatic rings. The van der Waals surface area contributed by atoms with E-state index in [0.717, 1.165) is 21.9 Å². The van der Waals surface area contributed by atoms with Crippen LogP contribution in [0.5, 0.6) is 0 Å². The zero-order valence-corrected chi connectivity index (χ0v) is 8.36. The van der Waals surface area contributed by atoms with Crippen LogP contribution in [0.25, 0.3) is 10.9 Å². The molecular formula is C11H9NOS. The Hall–Kier alpha value is -1.22. The van der Waals surface area contributed by atoms with Gasteiger partial charge >= 0.3 is 0 Å². The average Bonchev–Trinajstić information content (AvgIpc) is 2.59. The summed E-state index contributed by atoms with van der Waals surface area (Å²) in [4.78, 5) is 15.9. The van der Waals surface area contributed by atoms with Gasteiger partial charge in [-0.15, -0.1) is 11.8 Å². The number of carbonyl (C=O) groups excluding carboxylic acids is 1. The Morgan fingerprint density at radius 1 is 1.29 bits per heavy atom. The molecule has 70 valence electrons. The Kier molecular flexibility index (Phi) is 1.67. The summed E-state index contributed by atoms with van der Waals surface area (Å²) in [6.07, 6.45) is 0.657. The third-order valence-electron chi connectivity index (χ3n) is 2.51. The van der Waals surface area contributed by atoms with E-state index < -0.39 is 0 Å². The number of nitrogens with one attached hydrogen (secondary N) is 1. The van der Waals surface area contributed by atoms with E-state index in [1.54, 1.807) is 11.8 Å². The molecule has 0 atom stereocenters. The molecule has 2 nitrogen and oxygen atoms in total. The van der Waals surface area contributed by atoms with E-state index in [1.807, 2.05) is 18.2 Å². The smallest absolute Gasteiger partial charge is 0.181 e. The van der Waals surface area contributed by atoms with Crippen LogP contribution in [0.15, 0.2) is 29.2 Å². The van der Waals surface area contributed by atoms with Crippen LogP contribution >= 0.6 is 11.8 Å². The lowest BCUT2D eigenvalue weighted by Crippen LogP contribution is -2.07. The highest BCUT2D eigenvalue weighted by atomic mass is 32.2. The minimum absolute atomic E-state index is 0.245. The number of hydrogen-bond acceptors (Lipinski definition) is 2. The summed E-state index contributed by atoms with van der Waals surface area (Å²) in [6.45, 7) is 0. The largest absolute Gasteiger partial charge is 0.351 e. The zero-order valence-electron chi connectivity index (χ0n) is 7.54. The van der Waals surface area contributed by atoms with E-state index >= 15 is 0 Å². The Labute approximate surface area is 85.7 Å². The van der Waals surface area contributed by atoms with Crippen LogP contribution in [0.1, 0.15) is 16.9 Å². The third kappa shape index (κ3) is 1.02. The molecule has 0 unspecified atom stereocenters. The van der Waals surface area contributed by atoms with Gasteiger partial charge in [0.05, 0.1) is 5.69 Å². The van der Waals surface area contributed by atoms with Crippen molar-refractivity contribution in [2.75, 3.05) is 5.75 Å². The van der Waals surface area contributed by atoms with E-state index in [9.17, 15) is 4.79 Å². The van der Waals surface area contributed by atoms with Crippen molar-refractivity contribution in [2.45, 2.75) is 11.3 Å². The van der Waals surface area contributed by atoms with Gasteiger partial charge in [0.25, 0.3) is 0 Å². The molecule has 1 aromatic carbocycles. The lowest BCUT2D eigenvalue weighted by Gasteiger charge is -2.08. The van der Waals surface area contributed by atoms with Crippen molar-refractivity contribution < 1.29 is 4.79 Å². The number of hydrogen-bond donors (Lipinski definition) is 1. The molecule has 0 saturated carbocycles. The number of Topliss-reactive ketones (excluding diaryl/α,β-unsaturated/α-hetero) is 1. The van der Waals surface area contributed by atoms with Crippen molar-refractivity contribution in [3.05, 3.63) is 30.0 Å². The Morgan fingerprint density at radius 2 is 2.14 bits per heavy atom. The van der Waals surface area contributed by atoms with Crippen LogP contribution in [0.2, 0.25) is 0 Å². The molecular weight excluding hydrogens is 194 g/mol. The van der Waals surface area contributed by atoms with Crippen molar-refractivity contribution in [1.29, 1.82) is 0 Å². The highest BCUT2D eigenvalue weighted by molar-refractivity contribution is 7.99. The van der Waals surface area contributed by atoms with Crippen LogP contribution in [0.3, 0.4) is 0 Å². The second-order valence-electron chi connectivity index (χ2n) is 3.40. The van der Waals surface area contributed by atoms with Gasteiger partial charge in [-0.3, -0.25) is 4.79 Å². The molecule has 0 saturated heterocycles. The normalized spacial score (nSPS) is 15.9. The summed E-state index contributed by atoms with van der Waals surface area (Å²) in [5, 5.41) is 1.18. The molecule has 14 heavy (non-hydrogen) atoms. The highest BCUT2D eigenvalue weighted by Crippen LogP contribution is 2.36. The number of fused-ring (bicyclic) bond motifs is 3. The molecule has 1 aliphatic rings. The van der Waals surface area contributed by atoms with Gasteiger partial charge in [0, 0.05) is 28.0 Å². The maximum absolute atomic E-state index is 11.6. The first kappa shape index (κ1) is 8.12. The fourth-order valence-electron chi connectivity index (χ4n) is 1.83. The molecule has 0 radical (unpaired) electrons. The Morgan fingerprint density at radius 3 is 3.07 bits per heavy atom. The number of H-pyrrole nitrogens is 1. The van der Waals surface area contributed by atoms with Crippen molar-refractivity contribution in [2.24, 2.45) is 0 Å². The summed E-state index contributed by atoms with van der Waals surface area (Å²) < 4.78 is 0. The summed E-state index contributed by atoms with van der Waals surface area (Å²) >= 11 is 1.78. The topological polar surface area (TPSA) is 32.9 Å². The molecule has 2 heterocycles. The summed E-state index contributed by atoms with van der Waals surface area (Å²) in [7, 11) is 0. The van der Waals surface area contributed by atoms with Crippen molar-refractivity contribution in [3.63, 3.8) is 0 Å². The number of rotatable bonds is 0. The second-order valence-corrected chi connectivity index (χ2v) is 4.50. The molecule has 3 heteroatoms. The van der Waals surface area contributed by atoms with Gasteiger partial charge in [0.15, 0.2) is 5.78 Å². The van der Waals surface area contributed by atoms with E-state index in [0.29, 0.717) is 6.42 Å². The number of para-hydroxylation sites is 1. The quantitative estimate of drug-likeness (QED) is 0.714. The third-order valence-corrected chi connectivity index (χ3v) is 3.63. The van der Waals surface area contributed by atoms with E-state index in [4.69, 9.17) is 0 Å². The van der Waals surface area contributed by atoms with E-state index in [-0.39, 0.29) is 5.78 Å². The van der Waals surface area contributed by atoms with Gasteiger partial charge < -0.3 is 4.98 Å². The standard InChI is InChI=1S/C11H9NOS/c13-9-5-6-14-11-7-3-1-2-4-8(7)12-10(9)11/h1-4,12H,5-6H2. The van der Waals surface area contributed by atoms with Crippen LogP contribution in [0.4, 0.5) is 0 Å². The van der Waals surface area contributed by atoms with Gasteiger partial charge in [-0.2, -0.15) is 0 Å². The maximum Gasteiger partial charge on any atom is 0.181 e. The van der Waals surface area contributed by atoms with Crippen molar-refractivity contribution in [3.8, 4) is 0 Å². The van der Waals surface area contributed by atoms with Crippen LogP contribution in [0, 0.1) is 0 Å². The summed E-state index contributed by atoms with van der Waals surface area (Å²) in [6, 6.07) is 8.08. The molecule has 1 aromatic heterocycles. The molecule has 0 aliphatic carbocycles. The number of carbonyl (C=O) groups is 1. The number of benzene rings is 1. The lowest BCUT2D eigenvalue weighted by atomic mass is 10.2. The molecule has 1 N–H and O–H groups in total. The van der Waals surface area contributed by atoms with Crippen LogP contribution in [-0.4, -0.2) is 16.5 Å². The van der Waals surface area contributed by atoms with Gasteiger partial charge in [-0.05, 0) is 6.07 Å². The van der Waals surface area contributed by atoms with Gasteiger partial charge in [0.2, 0.25) is 0 Å². The predicted octanol–water partition coefficient (Wildman–Crippen LogP) is 2.85. The first-order valence-electron chi connectivity index (χ1n) is 4.63. The minimum Gasteiger partial charge on any atom is -0.351 e. The monoisotopic (exact) mass is 203 g/mol. The lowest BCUT2D eigenvalue weighted by molar-refractivity contribution is 0.0981. The van der Waals surface area contributed by atoms with Gasteiger partial charge in [-0.1, -0.05) is 18.2 Å². The number of thioether (sulfide) groups is 1. The molecule has 0 bridgehead atoms. The number of aromatic amines is 1. The predicted molar refractivity (Wildman–Crippen MR) is 58.0 cm³/mol. The number of ketones is 1. The van der Waals surface area contributed by atoms with Crippen LogP contribution < -0.4 is 0 Å². The fourth-order valence-corrected chi connectivity index (χ4v) is 2.97. The Balaban J connectivity index is 2.38. The molecule has 0 spiro atoms. The molecule has 3 rings (SSSR count). The fraction of sp³-hybridized carbons (Fsp3) is 0.182.